The van der Waals surface area contributed by atoms with Gasteiger partial charge in [-0.25, -0.2) is 12.7 Å². The highest BCUT2D eigenvalue weighted by Crippen LogP contribution is 2.17. The van der Waals surface area contributed by atoms with E-state index < -0.39 is 10.0 Å². The predicted octanol–water partition coefficient (Wildman–Crippen LogP) is 1.63. The van der Waals surface area contributed by atoms with Crippen LogP contribution >= 0.6 is 0 Å². The molecule has 8 heteroatoms. The lowest BCUT2D eigenvalue weighted by atomic mass is 10.3. The summed E-state index contributed by atoms with van der Waals surface area (Å²) in [5.74, 6) is 0.510. The van der Waals surface area contributed by atoms with Gasteiger partial charge in [0.2, 0.25) is 15.9 Å². The number of nitrogens with zero attached hydrogens (tertiary/aromatic N) is 2. The van der Waals surface area contributed by atoms with E-state index in [1.165, 1.54) is 4.31 Å². The Kier molecular flexibility index (Phi) is 8.34. The second kappa shape index (κ2) is 9.74. The number of carbonyl (C=O) groups excluding carboxylic acids is 1. The van der Waals surface area contributed by atoms with Crippen molar-refractivity contribution in [1.29, 1.82) is 0 Å². The lowest BCUT2D eigenvalue weighted by Gasteiger charge is -2.21. The van der Waals surface area contributed by atoms with Gasteiger partial charge in [-0.2, -0.15) is 0 Å². The average Bonchev–Trinajstić information content (AvgIpc) is 2.47. The van der Waals surface area contributed by atoms with Crippen LogP contribution in [0.2, 0.25) is 0 Å². The van der Waals surface area contributed by atoms with Gasteiger partial charge in [0.15, 0.2) is 0 Å². The molecule has 7 nitrogen and oxygen atoms in total. The summed E-state index contributed by atoms with van der Waals surface area (Å²) in [5, 5.41) is 2.77. The van der Waals surface area contributed by atoms with Gasteiger partial charge in [0.05, 0.1) is 12.4 Å². The van der Waals surface area contributed by atoms with Crippen LogP contribution in [0, 0.1) is 0 Å². The molecule has 0 heterocycles. The number of sulfonamides is 1. The fourth-order valence-corrected chi connectivity index (χ4v) is 2.93. The third-order valence-electron chi connectivity index (χ3n) is 3.36. The largest absolute Gasteiger partial charge is 0.491 e. The van der Waals surface area contributed by atoms with Gasteiger partial charge in [0, 0.05) is 31.7 Å². The van der Waals surface area contributed by atoms with Gasteiger partial charge in [-0.3, -0.25) is 4.79 Å². The maximum Gasteiger partial charge on any atom is 0.225 e. The molecule has 0 unspecified atom stereocenters. The third-order valence-corrected chi connectivity index (χ3v) is 4.67. The number of benzene rings is 1. The zero-order valence-corrected chi connectivity index (χ0v) is 16.5. The number of nitrogens with one attached hydrogen (secondary N) is 1. The number of hydrogen-bond acceptors (Lipinski definition) is 5. The van der Waals surface area contributed by atoms with Crippen LogP contribution in [0.1, 0.15) is 20.3 Å². The summed E-state index contributed by atoms with van der Waals surface area (Å²) in [6.45, 7) is 5.01. The van der Waals surface area contributed by atoms with E-state index >= 15 is 0 Å². The molecule has 0 spiro atoms. The monoisotopic (exact) mass is 371 g/mol. The van der Waals surface area contributed by atoms with Crippen LogP contribution in [0.3, 0.4) is 0 Å². The Balaban J connectivity index is 2.54. The fourth-order valence-electron chi connectivity index (χ4n) is 2.09. The molecule has 0 aromatic heterocycles. The van der Waals surface area contributed by atoms with Crippen molar-refractivity contribution in [2.24, 2.45) is 0 Å². The molecule has 25 heavy (non-hydrogen) atoms. The molecule has 0 aliphatic heterocycles. The molecule has 0 radical (unpaired) electrons. The molecule has 0 fully saturated rings. The first-order valence-electron chi connectivity index (χ1n) is 8.24. The zero-order chi connectivity index (χ0) is 19.0. The summed E-state index contributed by atoms with van der Waals surface area (Å²) in [6, 6.07) is 7.09. The van der Waals surface area contributed by atoms with E-state index in [0.717, 1.165) is 12.0 Å². The van der Waals surface area contributed by atoms with Crippen molar-refractivity contribution in [2.75, 3.05) is 45.3 Å². The molecule has 1 aromatic rings. The van der Waals surface area contributed by atoms with Crippen molar-refractivity contribution in [1.82, 2.24) is 9.21 Å². The summed E-state index contributed by atoms with van der Waals surface area (Å²) >= 11 is 0. The molecule has 0 aliphatic rings. The van der Waals surface area contributed by atoms with Crippen molar-refractivity contribution in [3.8, 4) is 5.75 Å². The molecule has 1 rings (SSSR count). The quantitative estimate of drug-likeness (QED) is 0.676. The second-order valence-corrected chi connectivity index (χ2v) is 8.44. The van der Waals surface area contributed by atoms with E-state index in [2.05, 4.69) is 5.32 Å². The molecular weight excluding hydrogens is 342 g/mol. The number of ether oxygens (including phenoxy) is 1. The average molecular weight is 372 g/mol. The normalized spacial score (nSPS) is 12.0. The van der Waals surface area contributed by atoms with Gasteiger partial charge in [0.1, 0.15) is 5.75 Å². The third kappa shape index (κ3) is 8.85. The zero-order valence-electron chi connectivity index (χ0n) is 15.7. The summed E-state index contributed by atoms with van der Waals surface area (Å²) in [7, 11) is 0.413. The standard InChI is InChI=1S/C17H29N3O4S/c1-14(2)24-16-8-6-15(7-9-16)18-17(21)10-11-20(25(5,22)23)13-12-19(3)4/h6-9,14H,10-13H2,1-5H3,(H,18,21). The van der Waals surface area contributed by atoms with Crippen molar-refractivity contribution >= 4 is 21.6 Å². The second-order valence-electron chi connectivity index (χ2n) is 6.45. The van der Waals surface area contributed by atoms with Crippen LogP contribution in [-0.2, 0) is 14.8 Å². The smallest absolute Gasteiger partial charge is 0.225 e. The molecule has 0 aliphatic carbocycles. The highest BCUT2D eigenvalue weighted by Gasteiger charge is 2.17. The maximum absolute atomic E-state index is 12.1. The molecule has 1 aromatic carbocycles. The van der Waals surface area contributed by atoms with E-state index in [1.807, 2.05) is 32.8 Å². The minimum atomic E-state index is -3.34. The van der Waals surface area contributed by atoms with Crippen molar-refractivity contribution < 1.29 is 17.9 Å². The van der Waals surface area contributed by atoms with Gasteiger partial charge in [-0.15, -0.1) is 0 Å². The number of amides is 1. The highest BCUT2D eigenvalue weighted by atomic mass is 32.2. The van der Waals surface area contributed by atoms with E-state index in [0.29, 0.717) is 18.8 Å². The highest BCUT2D eigenvalue weighted by molar-refractivity contribution is 7.88. The minimum absolute atomic E-state index is 0.0876. The molecule has 1 amide bonds. The topological polar surface area (TPSA) is 79.0 Å². The molecular formula is C17H29N3O4S. The predicted molar refractivity (Wildman–Crippen MR) is 100 cm³/mol. The number of rotatable bonds is 10. The Bertz CT molecular complexity index is 642. The number of anilines is 1. The van der Waals surface area contributed by atoms with Gasteiger partial charge in [-0.1, -0.05) is 0 Å². The van der Waals surface area contributed by atoms with Gasteiger partial charge >= 0.3 is 0 Å². The van der Waals surface area contributed by atoms with Gasteiger partial charge < -0.3 is 15.0 Å². The van der Waals surface area contributed by atoms with E-state index in [-0.39, 0.29) is 25.0 Å². The SMILES string of the molecule is CC(C)Oc1ccc(NC(=O)CCN(CCN(C)C)S(C)(=O)=O)cc1. The lowest BCUT2D eigenvalue weighted by molar-refractivity contribution is -0.116. The van der Waals surface area contributed by atoms with Gasteiger partial charge in [-0.05, 0) is 52.2 Å². The van der Waals surface area contributed by atoms with Crippen LogP contribution in [0.4, 0.5) is 5.69 Å². The number of carbonyl (C=O) groups is 1. The Morgan fingerprint density at radius 2 is 1.72 bits per heavy atom. The summed E-state index contributed by atoms with van der Waals surface area (Å²) < 4.78 is 30.5. The Morgan fingerprint density at radius 1 is 1.12 bits per heavy atom. The van der Waals surface area contributed by atoms with Gasteiger partial charge in [0.25, 0.3) is 0 Å². The summed E-state index contributed by atoms with van der Waals surface area (Å²) in [6.07, 6.45) is 1.35. The molecule has 0 atom stereocenters. The van der Waals surface area contributed by atoms with Crippen LogP contribution in [-0.4, -0.2) is 69.6 Å². The molecule has 0 saturated heterocycles. The molecule has 0 saturated carbocycles. The van der Waals surface area contributed by atoms with Crippen molar-refractivity contribution in [2.45, 2.75) is 26.4 Å². The van der Waals surface area contributed by atoms with Crippen LogP contribution in [0.25, 0.3) is 0 Å². The summed E-state index contributed by atoms with van der Waals surface area (Å²) in [4.78, 5) is 14.0. The molecule has 1 N–H and O–H groups in total. The Labute approximate surface area is 151 Å². The van der Waals surface area contributed by atoms with Crippen molar-refractivity contribution in [3.63, 3.8) is 0 Å². The first-order chi connectivity index (χ1) is 11.6. The molecule has 0 bridgehead atoms. The van der Waals surface area contributed by atoms with E-state index in [9.17, 15) is 13.2 Å². The van der Waals surface area contributed by atoms with Crippen LogP contribution in [0.5, 0.6) is 5.75 Å². The first kappa shape index (κ1) is 21.4. The van der Waals surface area contributed by atoms with Crippen LogP contribution in [0.15, 0.2) is 24.3 Å². The number of hydrogen-bond donors (Lipinski definition) is 1. The Hall–Kier alpha value is -1.64. The van der Waals surface area contributed by atoms with E-state index in [1.54, 1.807) is 24.3 Å². The van der Waals surface area contributed by atoms with Crippen molar-refractivity contribution in [3.05, 3.63) is 24.3 Å². The number of likely N-dealkylation sites (N-methyl/N-ethyl adjacent to an activating group) is 1. The minimum Gasteiger partial charge on any atom is -0.491 e. The summed E-state index contributed by atoms with van der Waals surface area (Å²) in [5.41, 5.74) is 0.653. The Morgan fingerprint density at radius 3 is 2.20 bits per heavy atom. The fraction of sp³-hybridized carbons (Fsp3) is 0.588. The first-order valence-corrected chi connectivity index (χ1v) is 10.1. The lowest BCUT2D eigenvalue weighted by Crippen LogP contribution is -2.37. The van der Waals surface area contributed by atoms with E-state index in [4.69, 9.17) is 4.74 Å². The van der Waals surface area contributed by atoms with Crippen LogP contribution < -0.4 is 10.1 Å². The maximum atomic E-state index is 12.1. The molecule has 142 valence electrons.